The van der Waals surface area contributed by atoms with Crippen LogP contribution in [0.25, 0.3) is 10.9 Å². The molecular formula is C21H19ClN2O2S. The van der Waals surface area contributed by atoms with Crippen LogP contribution >= 0.6 is 23.4 Å². The molecule has 0 bridgehead atoms. The predicted molar refractivity (Wildman–Crippen MR) is 112 cm³/mol. The highest BCUT2D eigenvalue weighted by molar-refractivity contribution is 7.99. The molecule has 0 spiro atoms. The van der Waals surface area contributed by atoms with Crippen molar-refractivity contribution in [3.05, 3.63) is 81.1 Å². The molecule has 0 aliphatic rings. The summed E-state index contributed by atoms with van der Waals surface area (Å²) in [4.78, 5) is 30.0. The fourth-order valence-corrected chi connectivity index (χ4v) is 3.88. The van der Waals surface area contributed by atoms with Gasteiger partial charge in [-0.2, -0.15) is 0 Å². The summed E-state index contributed by atoms with van der Waals surface area (Å²) in [5.41, 5.74) is 3.03. The molecule has 6 heteroatoms. The van der Waals surface area contributed by atoms with Gasteiger partial charge in [0.05, 0.1) is 16.7 Å². The Morgan fingerprint density at radius 3 is 2.78 bits per heavy atom. The quantitative estimate of drug-likeness (QED) is 0.258. The van der Waals surface area contributed by atoms with Gasteiger partial charge in [-0.3, -0.25) is 14.2 Å². The highest BCUT2D eigenvalue weighted by atomic mass is 35.5. The first-order valence-corrected chi connectivity index (χ1v) is 9.81. The number of benzene rings is 2. The smallest absolute Gasteiger partial charge is 0.262 e. The Bertz CT molecular complexity index is 1110. The van der Waals surface area contributed by atoms with Crippen molar-refractivity contribution in [2.45, 2.75) is 25.5 Å². The van der Waals surface area contributed by atoms with Crippen molar-refractivity contribution >= 4 is 40.0 Å². The molecular weight excluding hydrogens is 380 g/mol. The van der Waals surface area contributed by atoms with Crippen molar-refractivity contribution in [1.82, 2.24) is 9.55 Å². The molecule has 0 atom stereocenters. The maximum atomic E-state index is 12.8. The average molecular weight is 399 g/mol. The second-order valence-electron chi connectivity index (χ2n) is 6.29. The van der Waals surface area contributed by atoms with Crippen molar-refractivity contribution in [2.24, 2.45) is 0 Å². The Labute approximate surface area is 166 Å². The molecule has 3 aromatic rings. The third-order valence-electron chi connectivity index (χ3n) is 4.22. The number of rotatable bonds is 6. The number of ketones is 1. The van der Waals surface area contributed by atoms with Crippen LogP contribution in [0.15, 0.2) is 59.0 Å². The van der Waals surface area contributed by atoms with Crippen LogP contribution in [0.2, 0.25) is 5.02 Å². The monoisotopic (exact) mass is 398 g/mol. The van der Waals surface area contributed by atoms with Crippen LogP contribution in [0, 0.1) is 13.8 Å². The van der Waals surface area contributed by atoms with Gasteiger partial charge in [0.25, 0.3) is 5.56 Å². The van der Waals surface area contributed by atoms with Crippen molar-refractivity contribution in [1.29, 1.82) is 0 Å². The minimum Gasteiger partial charge on any atom is -0.293 e. The number of nitrogens with zero attached hydrogens (tertiary/aromatic N) is 2. The van der Waals surface area contributed by atoms with Crippen LogP contribution in [0.3, 0.4) is 0 Å². The lowest BCUT2D eigenvalue weighted by atomic mass is 10.0. The number of carbonyl (C=O) groups excluding carboxylic acids is 1. The highest BCUT2D eigenvalue weighted by Crippen LogP contribution is 2.22. The number of hydrogen-bond acceptors (Lipinski definition) is 4. The van der Waals surface area contributed by atoms with Gasteiger partial charge in [0.1, 0.15) is 0 Å². The van der Waals surface area contributed by atoms with E-state index in [4.69, 9.17) is 11.6 Å². The second-order valence-corrected chi connectivity index (χ2v) is 7.67. The van der Waals surface area contributed by atoms with E-state index in [0.29, 0.717) is 33.2 Å². The summed E-state index contributed by atoms with van der Waals surface area (Å²) < 4.78 is 1.53. The predicted octanol–water partition coefficient (Wildman–Crippen LogP) is 4.83. The summed E-state index contributed by atoms with van der Waals surface area (Å²) in [6.07, 6.45) is 1.64. The number of allylic oxidation sites excluding steroid dienone is 1. The van der Waals surface area contributed by atoms with Gasteiger partial charge in [0.15, 0.2) is 10.9 Å². The fourth-order valence-electron chi connectivity index (χ4n) is 2.82. The van der Waals surface area contributed by atoms with E-state index >= 15 is 0 Å². The number of carbonyl (C=O) groups is 1. The highest BCUT2D eigenvalue weighted by Gasteiger charge is 2.15. The van der Waals surface area contributed by atoms with Gasteiger partial charge < -0.3 is 0 Å². The van der Waals surface area contributed by atoms with Gasteiger partial charge >= 0.3 is 0 Å². The number of aryl methyl sites for hydroxylation is 2. The fraction of sp³-hybridized carbons (Fsp3) is 0.190. The first kappa shape index (κ1) is 19.4. The van der Waals surface area contributed by atoms with Gasteiger partial charge in [-0.1, -0.05) is 47.1 Å². The van der Waals surface area contributed by atoms with Crippen LogP contribution in [0.5, 0.6) is 0 Å². The van der Waals surface area contributed by atoms with Gasteiger partial charge in [-0.05, 0) is 43.7 Å². The molecule has 0 N–H and O–H groups in total. The van der Waals surface area contributed by atoms with E-state index in [9.17, 15) is 9.59 Å². The third-order valence-corrected chi connectivity index (χ3v) is 5.43. The first-order chi connectivity index (χ1) is 12.9. The Balaban J connectivity index is 1.97. The summed E-state index contributed by atoms with van der Waals surface area (Å²) in [5.74, 6) is 0.201. The Kier molecular flexibility index (Phi) is 5.82. The molecule has 0 saturated heterocycles. The first-order valence-electron chi connectivity index (χ1n) is 8.45. The zero-order chi connectivity index (χ0) is 19.6. The molecule has 0 saturated carbocycles. The summed E-state index contributed by atoms with van der Waals surface area (Å²) >= 11 is 7.29. The van der Waals surface area contributed by atoms with E-state index in [2.05, 4.69) is 11.6 Å². The largest absolute Gasteiger partial charge is 0.293 e. The molecule has 2 aromatic carbocycles. The summed E-state index contributed by atoms with van der Waals surface area (Å²) in [7, 11) is 0. The van der Waals surface area contributed by atoms with Crippen molar-refractivity contribution in [3.8, 4) is 0 Å². The lowest BCUT2D eigenvalue weighted by Gasteiger charge is -2.12. The molecule has 0 unspecified atom stereocenters. The Hall–Kier alpha value is -2.37. The SMILES string of the molecule is C=CCn1c(SCC(=O)c2cc(C)ccc2C)nc2cc(Cl)ccc2c1=O. The zero-order valence-electron chi connectivity index (χ0n) is 15.2. The number of Topliss-reactive ketones (excluding diaryl/α,β-unsaturated/α-hetero) is 1. The molecule has 0 fully saturated rings. The normalized spacial score (nSPS) is 10.9. The molecule has 0 aliphatic carbocycles. The second kappa shape index (κ2) is 8.11. The van der Waals surface area contributed by atoms with Crippen LogP contribution in [-0.4, -0.2) is 21.1 Å². The number of thioether (sulfide) groups is 1. The molecule has 138 valence electrons. The molecule has 0 aliphatic heterocycles. The maximum Gasteiger partial charge on any atom is 0.262 e. The van der Waals surface area contributed by atoms with Crippen LogP contribution < -0.4 is 5.56 Å². The van der Waals surface area contributed by atoms with E-state index in [1.807, 2.05) is 32.0 Å². The Morgan fingerprint density at radius 2 is 2.04 bits per heavy atom. The van der Waals surface area contributed by atoms with Gasteiger partial charge in [-0.15, -0.1) is 6.58 Å². The number of fused-ring (bicyclic) bond motifs is 1. The van der Waals surface area contributed by atoms with Gasteiger partial charge in [0.2, 0.25) is 0 Å². The molecule has 3 rings (SSSR count). The summed E-state index contributed by atoms with van der Waals surface area (Å²) in [6, 6.07) is 10.8. The lowest BCUT2D eigenvalue weighted by molar-refractivity contribution is 0.102. The van der Waals surface area contributed by atoms with Gasteiger partial charge in [-0.25, -0.2) is 4.98 Å². The molecule has 27 heavy (non-hydrogen) atoms. The van der Waals surface area contributed by atoms with E-state index in [0.717, 1.165) is 11.1 Å². The van der Waals surface area contributed by atoms with E-state index < -0.39 is 0 Å². The van der Waals surface area contributed by atoms with Crippen LogP contribution in [0.4, 0.5) is 0 Å². The molecule has 0 radical (unpaired) electrons. The number of halogens is 1. The Morgan fingerprint density at radius 1 is 1.26 bits per heavy atom. The van der Waals surface area contributed by atoms with Crippen molar-refractivity contribution < 1.29 is 4.79 Å². The van der Waals surface area contributed by atoms with Crippen LogP contribution in [0.1, 0.15) is 21.5 Å². The lowest BCUT2D eigenvalue weighted by Crippen LogP contribution is -2.23. The minimum atomic E-state index is -0.168. The summed E-state index contributed by atoms with van der Waals surface area (Å²) in [6.45, 7) is 7.91. The topological polar surface area (TPSA) is 52.0 Å². The zero-order valence-corrected chi connectivity index (χ0v) is 16.7. The maximum absolute atomic E-state index is 12.8. The molecule has 1 heterocycles. The van der Waals surface area contributed by atoms with Crippen molar-refractivity contribution in [2.75, 3.05) is 5.75 Å². The third kappa shape index (κ3) is 4.15. The summed E-state index contributed by atoms with van der Waals surface area (Å²) in [5, 5.41) is 1.48. The van der Waals surface area contributed by atoms with E-state index in [1.54, 1.807) is 24.3 Å². The average Bonchev–Trinajstić information content (AvgIpc) is 2.64. The number of aromatic nitrogens is 2. The molecule has 0 amide bonds. The molecule has 4 nitrogen and oxygen atoms in total. The van der Waals surface area contributed by atoms with Crippen molar-refractivity contribution in [3.63, 3.8) is 0 Å². The van der Waals surface area contributed by atoms with E-state index in [1.165, 1.54) is 16.3 Å². The number of hydrogen-bond donors (Lipinski definition) is 0. The minimum absolute atomic E-state index is 0.00629. The van der Waals surface area contributed by atoms with Crippen LogP contribution in [-0.2, 0) is 6.54 Å². The standard InChI is InChI=1S/C21H19ClN2O2S/c1-4-9-24-20(26)16-8-7-15(22)11-18(16)23-21(24)27-12-19(25)17-10-13(2)5-6-14(17)3/h4-8,10-11H,1,9,12H2,2-3H3. The van der Waals surface area contributed by atoms with Gasteiger partial charge in [0, 0.05) is 17.1 Å². The molecule has 1 aromatic heterocycles. The van der Waals surface area contributed by atoms with E-state index in [-0.39, 0.29) is 17.1 Å².